The Bertz CT molecular complexity index is 2040. The van der Waals surface area contributed by atoms with E-state index in [0.717, 1.165) is 33.7 Å². The number of nitrogens with zero attached hydrogens (tertiary/aromatic N) is 1. The van der Waals surface area contributed by atoms with Gasteiger partial charge in [0.05, 0.1) is 7.11 Å². The van der Waals surface area contributed by atoms with Gasteiger partial charge in [-0.2, -0.15) is 0 Å². The molecular weight excluding hydrogens is 574 g/mol. The molecule has 0 amide bonds. The van der Waals surface area contributed by atoms with Gasteiger partial charge in [-0.25, -0.2) is 0 Å². The zero-order valence-electron chi connectivity index (χ0n) is 28.8. The van der Waals surface area contributed by atoms with Crippen LogP contribution in [0.4, 0.5) is 5.69 Å². The molecule has 2 aliphatic carbocycles. The van der Waals surface area contributed by atoms with Gasteiger partial charge in [0, 0.05) is 47.3 Å². The Kier molecular flexibility index (Phi) is 6.51. The minimum Gasteiger partial charge on any atom is -0.497 e. The Morgan fingerprint density at radius 2 is 1.38 bits per heavy atom. The van der Waals surface area contributed by atoms with E-state index in [-0.39, 0.29) is 16.2 Å². The van der Waals surface area contributed by atoms with Crippen molar-refractivity contribution in [3.63, 3.8) is 0 Å². The van der Waals surface area contributed by atoms with Crippen LogP contribution in [0.3, 0.4) is 0 Å². The van der Waals surface area contributed by atoms with Crippen molar-refractivity contribution in [3.8, 4) is 22.6 Å². The van der Waals surface area contributed by atoms with Gasteiger partial charge in [-0.1, -0.05) is 107 Å². The molecule has 1 unspecified atom stereocenters. The van der Waals surface area contributed by atoms with E-state index in [0.29, 0.717) is 0 Å². The standard InChI is InChI=1S/C44H45NO2/c1-41(2)25-13-26-42(3,4)44(41)37-17-12-11-16-34(37)38-33-23-22-32(46-7)28-36(33)40-35(39(38)44)24-27-43(47-40,29-14-9-8-10-15-29)30-18-20-31(21-19-30)45(5)6/h8-12,14-24,27-28H,13,25-26H2,1-7H3. The summed E-state index contributed by atoms with van der Waals surface area (Å²) < 4.78 is 13.5. The first-order chi connectivity index (χ1) is 22.6. The molecule has 1 aliphatic heterocycles. The van der Waals surface area contributed by atoms with Crippen molar-refractivity contribution in [1.29, 1.82) is 0 Å². The maximum atomic E-state index is 7.64. The smallest absolute Gasteiger partial charge is 0.178 e. The summed E-state index contributed by atoms with van der Waals surface area (Å²) in [6, 6.07) is 35.3. The maximum absolute atomic E-state index is 7.64. The average Bonchev–Trinajstić information content (AvgIpc) is 3.41. The van der Waals surface area contributed by atoms with Crippen LogP contribution in [0.1, 0.15) is 74.8 Å². The predicted molar refractivity (Wildman–Crippen MR) is 196 cm³/mol. The van der Waals surface area contributed by atoms with E-state index in [1.54, 1.807) is 7.11 Å². The van der Waals surface area contributed by atoms with Crippen molar-refractivity contribution in [2.75, 3.05) is 26.1 Å². The lowest BCUT2D eigenvalue weighted by Crippen LogP contribution is -2.55. The number of ether oxygens (including phenoxy) is 2. The lowest BCUT2D eigenvalue weighted by atomic mass is 9.43. The highest BCUT2D eigenvalue weighted by atomic mass is 16.5. The van der Waals surface area contributed by atoms with Crippen molar-refractivity contribution in [3.05, 3.63) is 131 Å². The van der Waals surface area contributed by atoms with E-state index in [4.69, 9.17) is 9.47 Å². The van der Waals surface area contributed by atoms with Gasteiger partial charge >= 0.3 is 0 Å². The van der Waals surface area contributed by atoms with Gasteiger partial charge < -0.3 is 14.4 Å². The molecule has 238 valence electrons. The molecule has 1 spiro atoms. The van der Waals surface area contributed by atoms with Crippen LogP contribution in [0.2, 0.25) is 0 Å². The Morgan fingerprint density at radius 1 is 0.723 bits per heavy atom. The molecule has 8 rings (SSSR count). The van der Waals surface area contributed by atoms with Gasteiger partial charge in [-0.15, -0.1) is 0 Å². The highest BCUT2D eigenvalue weighted by molar-refractivity contribution is 6.09. The highest BCUT2D eigenvalue weighted by Gasteiger charge is 2.63. The third kappa shape index (κ3) is 3.92. The van der Waals surface area contributed by atoms with E-state index in [1.165, 1.54) is 52.5 Å². The van der Waals surface area contributed by atoms with Gasteiger partial charge in [-0.05, 0) is 87.7 Å². The molecule has 0 aromatic heterocycles. The molecule has 1 atom stereocenters. The summed E-state index contributed by atoms with van der Waals surface area (Å²) in [7, 11) is 5.91. The molecule has 3 nitrogen and oxygen atoms in total. The highest BCUT2D eigenvalue weighted by Crippen LogP contribution is 2.72. The van der Waals surface area contributed by atoms with Crippen LogP contribution in [0.15, 0.2) is 103 Å². The van der Waals surface area contributed by atoms with Crippen LogP contribution in [-0.2, 0) is 11.0 Å². The molecule has 3 heteroatoms. The molecule has 1 heterocycles. The molecule has 5 aromatic carbocycles. The zero-order chi connectivity index (χ0) is 32.8. The Balaban J connectivity index is 1.50. The molecule has 1 fully saturated rings. The first-order valence-corrected chi connectivity index (χ1v) is 17.1. The Labute approximate surface area is 279 Å². The third-order valence-electron chi connectivity index (χ3n) is 11.9. The molecule has 0 saturated heterocycles. The summed E-state index contributed by atoms with van der Waals surface area (Å²) in [6.07, 6.45) is 8.31. The summed E-state index contributed by atoms with van der Waals surface area (Å²) in [5, 5.41) is 2.31. The van der Waals surface area contributed by atoms with E-state index in [1.807, 2.05) is 0 Å². The number of benzene rings is 5. The summed E-state index contributed by atoms with van der Waals surface area (Å²) >= 11 is 0. The van der Waals surface area contributed by atoms with Crippen LogP contribution in [0, 0.1) is 10.8 Å². The van der Waals surface area contributed by atoms with Crippen molar-refractivity contribution in [2.24, 2.45) is 10.8 Å². The zero-order valence-corrected chi connectivity index (χ0v) is 28.8. The molecule has 3 aliphatic rings. The number of fused-ring (bicyclic) bond motifs is 10. The van der Waals surface area contributed by atoms with Crippen LogP contribution >= 0.6 is 0 Å². The molecule has 0 bridgehead atoms. The Morgan fingerprint density at radius 3 is 2.06 bits per heavy atom. The summed E-state index contributed by atoms with van der Waals surface area (Å²) in [5.41, 5.74) is 9.22. The molecular formula is C44H45NO2. The second-order valence-corrected chi connectivity index (χ2v) is 15.3. The van der Waals surface area contributed by atoms with Crippen LogP contribution in [0.5, 0.6) is 11.5 Å². The largest absolute Gasteiger partial charge is 0.497 e. The molecule has 0 N–H and O–H groups in total. The van der Waals surface area contributed by atoms with Crippen molar-refractivity contribution < 1.29 is 9.47 Å². The lowest BCUT2D eigenvalue weighted by molar-refractivity contribution is 0.00832. The minimum absolute atomic E-state index is 0.0217. The normalized spacial score (nSPS) is 21.1. The fourth-order valence-electron chi connectivity index (χ4n) is 9.92. The van der Waals surface area contributed by atoms with Gasteiger partial charge in [0.25, 0.3) is 0 Å². The predicted octanol–water partition coefficient (Wildman–Crippen LogP) is 10.8. The second-order valence-electron chi connectivity index (χ2n) is 15.3. The first-order valence-electron chi connectivity index (χ1n) is 17.1. The maximum Gasteiger partial charge on any atom is 0.178 e. The molecule has 1 saturated carbocycles. The number of hydrogen-bond donors (Lipinski definition) is 0. The monoisotopic (exact) mass is 619 g/mol. The van der Waals surface area contributed by atoms with E-state index in [2.05, 4.69) is 156 Å². The van der Waals surface area contributed by atoms with Gasteiger partial charge in [0.1, 0.15) is 11.5 Å². The van der Waals surface area contributed by atoms with Gasteiger partial charge in [0.2, 0.25) is 0 Å². The van der Waals surface area contributed by atoms with E-state index in [9.17, 15) is 0 Å². The number of hydrogen-bond acceptors (Lipinski definition) is 3. The number of anilines is 1. The van der Waals surface area contributed by atoms with Crippen LogP contribution < -0.4 is 14.4 Å². The van der Waals surface area contributed by atoms with E-state index >= 15 is 0 Å². The summed E-state index contributed by atoms with van der Waals surface area (Å²) in [6.45, 7) is 10.0. The number of methoxy groups -OCH3 is 1. The molecule has 0 radical (unpaired) electrons. The Hall–Kier alpha value is -4.50. The SMILES string of the molecule is COc1ccc2c3c(c4c(c2c1)OC(c1ccccc1)(c1ccc(N(C)C)cc1)C=C4)C1(c2ccccc2-3)C(C)(C)CCCC1(C)C. The van der Waals surface area contributed by atoms with Gasteiger partial charge in [0.15, 0.2) is 5.60 Å². The van der Waals surface area contributed by atoms with Crippen molar-refractivity contribution in [2.45, 2.75) is 58.0 Å². The minimum atomic E-state index is -0.806. The van der Waals surface area contributed by atoms with Crippen molar-refractivity contribution >= 4 is 22.5 Å². The quantitative estimate of drug-likeness (QED) is 0.200. The summed E-state index contributed by atoms with van der Waals surface area (Å²) in [4.78, 5) is 2.14. The van der Waals surface area contributed by atoms with Crippen LogP contribution in [0.25, 0.3) is 28.0 Å². The first kappa shape index (κ1) is 29.9. The fourth-order valence-corrected chi connectivity index (χ4v) is 9.92. The van der Waals surface area contributed by atoms with Crippen molar-refractivity contribution in [1.82, 2.24) is 0 Å². The van der Waals surface area contributed by atoms with Crippen LogP contribution in [-0.4, -0.2) is 21.2 Å². The third-order valence-corrected chi connectivity index (χ3v) is 11.9. The second kappa shape index (κ2) is 10.2. The molecule has 5 aromatic rings. The fraction of sp³-hybridized carbons (Fsp3) is 0.318. The average molecular weight is 620 g/mol. The number of rotatable bonds is 4. The van der Waals surface area contributed by atoms with E-state index < -0.39 is 5.60 Å². The topological polar surface area (TPSA) is 21.7 Å². The lowest BCUT2D eigenvalue weighted by Gasteiger charge is -2.60. The van der Waals surface area contributed by atoms with Gasteiger partial charge in [-0.3, -0.25) is 0 Å². The summed E-state index contributed by atoms with van der Waals surface area (Å²) in [5.74, 6) is 1.77. The molecule has 47 heavy (non-hydrogen) atoms.